The van der Waals surface area contributed by atoms with Crippen LogP contribution in [0.4, 0.5) is 5.69 Å². The molecule has 1 heterocycles. The van der Waals surface area contributed by atoms with E-state index in [4.69, 9.17) is 0 Å². The van der Waals surface area contributed by atoms with Gasteiger partial charge in [-0.05, 0) is 5.56 Å². The summed E-state index contributed by atoms with van der Waals surface area (Å²) >= 11 is 0. The summed E-state index contributed by atoms with van der Waals surface area (Å²) in [6.07, 6.45) is 0. The van der Waals surface area contributed by atoms with Crippen LogP contribution in [0.25, 0.3) is 0 Å². The van der Waals surface area contributed by atoms with Crippen molar-refractivity contribution in [3.63, 3.8) is 0 Å². The lowest BCUT2D eigenvalue weighted by Crippen LogP contribution is -2.38. The van der Waals surface area contributed by atoms with E-state index in [1.54, 1.807) is 12.1 Å². The molecule has 0 bridgehead atoms. The summed E-state index contributed by atoms with van der Waals surface area (Å²) in [5.74, 6) is 0. The van der Waals surface area contributed by atoms with Crippen LogP contribution < -0.4 is 21.3 Å². The van der Waals surface area contributed by atoms with Gasteiger partial charge in [-0.2, -0.15) is 0 Å². The van der Waals surface area contributed by atoms with Crippen LogP contribution in [-0.2, 0) is 6.54 Å². The molecule has 0 aliphatic carbocycles. The summed E-state index contributed by atoms with van der Waals surface area (Å²) in [6, 6.07) is 6.86. The summed E-state index contributed by atoms with van der Waals surface area (Å²) in [6.45, 7) is 10.4. The van der Waals surface area contributed by atoms with Crippen LogP contribution in [0.15, 0.2) is 24.3 Å². The van der Waals surface area contributed by atoms with Gasteiger partial charge in [0.1, 0.15) is 0 Å². The summed E-state index contributed by atoms with van der Waals surface area (Å²) in [7, 11) is 0. The van der Waals surface area contributed by atoms with Gasteiger partial charge in [0, 0.05) is 84.1 Å². The largest absolute Gasteiger partial charge is 0.314 e. The van der Waals surface area contributed by atoms with Crippen LogP contribution in [-0.4, -0.2) is 75.3 Å². The zero-order chi connectivity index (χ0) is 17.7. The fraction of sp³-hybridized carbons (Fsp3) is 0.647. The van der Waals surface area contributed by atoms with Gasteiger partial charge >= 0.3 is 0 Å². The molecule has 0 amide bonds. The van der Waals surface area contributed by atoms with E-state index < -0.39 is 0 Å². The van der Waals surface area contributed by atoms with Crippen LogP contribution in [0.5, 0.6) is 0 Å². The molecule has 1 aromatic carbocycles. The maximum absolute atomic E-state index is 10.8. The van der Waals surface area contributed by atoms with E-state index in [2.05, 4.69) is 26.2 Å². The molecule has 0 radical (unpaired) electrons. The van der Waals surface area contributed by atoms with Crippen molar-refractivity contribution in [2.75, 3.05) is 65.4 Å². The fourth-order valence-corrected chi connectivity index (χ4v) is 2.76. The van der Waals surface area contributed by atoms with Crippen LogP contribution in [0.3, 0.4) is 0 Å². The highest BCUT2D eigenvalue weighted by Gasteiger charge is 2.08. The van der Waals surface area contributed by atoms with E-state index in [0.717, 1.165) is 77.6 Å². The number of non-ortho nitro benzene ring substituents is 1. The molecular formula is C17H30N6O2. The Bertz CT molecular complexity index is 480. The van der Waals surface area contributed by atoms with Gasteiger partial charge < -0.3 is 21.3 Å². The third kappa shape index (κ3) is 8.37. The lowest BCUT2D eigenvalue weighted by molar-refractivity contribution is -0.384. The van der Waals surface area contributed by atoms with Crippen molar-refractivity contribution >= 4 is 5.69 Å². The molecule has 8 heteroatoms. The lowest BCUT2D eigenvalue weighted by Gasteiger charge is -2.23. The summed E-state index contributed by atoms with van der Waals surface area (Å²) < 4.78 is 0. The summed E-state index contributed by atoms with van der Waals surface area (Å²) in [4.78, 5) is 12.8. The Kier molecular flexibility index (Phi) is 9.38. The first kappa shape index (κ1) is 19.7. The number of hydrogen-bond donors (Lipinski definition) is 4. The predicted molar refractivity (Wildman–Crippen MR) is 99.9 cm³/mol. The van der Waals surface area contributed by atoms with Gasteiger partial charge in [0.15, 0.2) is 0 Å². The van der Waals surface area contributed by atoms with Crippen LogP contribution >= 0.6 is 0 Å². The van der Waals surface area contributed by atoms with E-state index in [0.29, 0.717) is 0 Å². The van der Waals surface area contributed by atoms with E-state index in [1.165, 1.54) is 0 Å². The molecule has 0 atom stereocenters. The van der Waals surface area contributed by atoms with Gasteiger partial charge in [-0.25, -0.2) is 0 Å². The van der Waals surface area contributed by atoms with Crippen LogP contribution in [0.1, 0.15) is 5.56 Å². The molecular weight excluding hydrogens is 320 g/mol. The van der Waals surface area contributed by atoms with Crippen molar-refractivity contribution in [1.29, 1.82) is 0 Å². The second kappa shape index (κ2) is 11.9. The highest BCUT2D eigenvalue weighted by molar-refractivity contribution is 5.32. The van der Waals surface area contributed by atoms with E-state index in [1.807, 2.05) is 12.1 Å². The predicted octanol–water partition coefficient (Wildman–Crippen LogP) is -0.231. The Morgan fingerprint density at radius 3 is 1.68 bits per heavy atom. The van der Waals surface area contributed by atoms with E-state index in [-0.39, 0.29) is 10.6 Å². The molecule has 0 aromatic heterocycles. The highest BCUT2D eigenvalue weighted by Crippen LogP contribution is 2.13. The maximum Gasteiger partial charge on any atom is 0.269 e. The van der Waals surface area contributed by atoms with Crippen molar-refractivity contribution in [2.45, 2.75) is 6.54 Å². The molecule has 1 aromatic rings. The molecule has 0 unspecified atom stereocenters. The van der Waals surface area contributed by atoms with Gasteiger partial charge in [0.2, 0.25) is 0 Å². The molecule has 1 fully saturated rings. The zero-order valence-electron chi connectivity index (χ0n) is 14.8. The lowest BCUT2D eigenvalue weighted by atomic mass is 10.2. The summed E-state index contributed by atoms with van der Waals surface area (Å²) in [5.41, 5.74) is 1.25. The number of nitro groups is 1. The molecule has 25 heavy (non-hydrogen) atoms. The SMILES string of the molecule is O=[N+]([O-])c1ccc(CN2CCNCCNCCNCCNCC2)cc1. The second-order valence-electron chi connectivity index (χ2n) is 6.20. The minimum absolute atomic E-state index is 0.143. The first-order chi connectivity index (χ1) is 12.3. The first-order valence-corrected chi connectivity index (χ1v) is 9.04. The Hall–Kier alpha value is -1.58. The molecule has 1 aliphatic rings. The van der Waals surface area contributed by atoms with Gasteiger partial charge in [-0.1, -0.05) is 12.1 Å². The molecule has 0 spiro atoms. The molecule has 4 N–H and O–H groups in total. The van der Waals surface area contributed by atoms with Gasteiger partial charge in [-0.3, -0.25) is 15.0 Å². The van der Waals surface area contributed by atoms with Crippen LogP contribution in [0, 0.1) is 10.1 Å². The van der Waals surface area contributed by atoms with Crippen molar-refractivity contribution in [3.05, 3.63) is 39.9 Å². The Morgan fingerprint density at radius 2 is 1.24 bits per heavy atom. The molecule has 8 nitrogen and oxygen atoms in total. The van der Waals surface area contributed by atoms with Crippen molar-refractivity contribution in [1.82, 2.24) is 26.2 Å². The smallest absolute Gasteiger partial charge is 0.269 e. The number of hydrogen-bond acceptors (Lipinski definition) is 7. The number of benzene rings is 1. The van der Waals surface area contributed by atoms with Crippen molar-refractivity contribution in [2.24, 2.45) is 0 Å². The third-order valence-corrected chi connectivity index (χ3v) is 4.20. The van der Waals surface area contributed by atoms with Gasteiger partial charge in [0.05, 0.1) is 4.92 Å². The molecule has 1 aliphatic heterocycles. The fourth-order valence-electron chi connectivity index (χ4n) is 2.76. The standard InChI is InChI=1S/C17H30N6O2/c24-23(25)17-3-1-16(2-4-17)15-22-13-11-20-9-7-18-5-6-19-8-10-21-12-14-22/h1-4,18-21H,5-15H2. The Labute approximate surface area is 149 Å². The number of nitrogens with one attached hydrogen (secondary N) is 4. The van der Waals surface area contributed by atoms with Crippen LogP contribution in [0.2, 0.25) is 0 Å². The molecule has 140 valence electrons. The summed E-state index contributed by atoms with van der Waals surface area (Å²) in [5, 5.41) is 24.5. The minimum Gasteiger partial charge on any atom is -0.314 e. The Morgan fingerprint density at radius 1 is 0.800 bits per heavy atom. The molecule has 1 saturated heterocycles. The van der Waals surface area contributed by atoms with Gasteiger partial charge in [-0.15, -0.1) is 0 Å². The number of nitrogens with zero attached hydrogens (tertiary/aromatic N) is 2. The third-order valence-electron chi connectivity index (χ3n) is 4.20. The van der Waals surface area contributed by atoms with E-state index >= 15 is 0 Å². The quantitative estimate of drug-likeness (QED) is 0.442. The maximum atomic E-state index is 10.8. The highest BCUT2D eigenvalue weighted by atomic mass is 16.6. The van der Waals surface area contributed by atoms with Crippen molar-refractivity contribution in [3.8, 4) is 0 Å². The first-order valence-electron chi connectivity index (χ1n) is 9.04. The number of rotatable bonds is 3. The van der Waals surface area contributed by atoms with Crippen molar-refractivity contribution < 1.29 is 4.92 Å². The average molecular weight is 350 g/mol. The second-order valence-corrected chi connectivity index (χ2v) is 6.20. The number of nitro benzene ring substituents is 1. The topological polar surface area (TPSA) is 94.5 Å². The Balaban J connectivity index is 1.84. The average Bonchev–Trinajstić information content (AvgIpc) is 2.62. The van der Waals surface area contributed by atoms with Gasteiger partial charge in [0.25, 0.3) is 5.69 Å². The zero-order valence-corrected chi connectivity index (χ0v) is 14.8. The molecule has 0 saturated carbocycles. The molecule has 2 rings (SSSR count). The van der Waals surface area contributed by atoms with E-state index in [9.17, 15) is 10.1 Å². The monoisotopic (exact) mass is 350 g/mol. The minimum atomic E-state index is -0.357. The normalized spacial score (nSPS) is 19.7.